The van der Waals surface area contributed by atoms with Crippen LogP contribution in [0.1, 0.15) is 6.92 Å². The largest absolute Gasteiger partial charge is 0.387 e. The molecule has 0 aromatic heterocycles. The lowest BCUT2D eigenvalue weighted by atomic mass is 10.1. The second kappa shape index (κ2) is 4.28. The third-order valence-electron chi connectivity index (χ3n) is 2.02. The highest BCUT2D eigenvalue weighted by molar-refractivity contribution is 5.29. The molecule has 1 heterocycles. The van der Waals surface area contributed by atoms with E-state index in [1.807, 2.05) is 18.3 Å². The molecule has 0 aromatic rings. The molecule has 1 N–H and O–H groups in total. The third-order valence-corrected chi connectivity index (χ3v) is 2.02. The van der Waals surface area contributed by atoms with Crippen molar-refractivity contribution in [3.63, 3.8) is 0 Å². The first-order valence-electron chi connectivity index (χ1n) is 4.08. The summed E-state index contributed by atoms with van der Waals surface area (Å²) in [5, 5.41) is 4.97. The molecule has 12 heavy (non-hydrogen) atoms. The lowest BCUT2D eigenvalue weighted by Crippen LogP contribution is -2.23. The summed E-state index contributed by atoms with van der Waals surface area (Å²) in [5.74, 6) is 0. The molecular formula is C9H16N2O. The van der Waals surface area contributed by atoms with E-state index < -0.39 is 0 Å². The molecule has 0 saturated carbocycles. The lowest BCUT2D eigenvalue weighted by molar-refractivity contribution is -0.101. The molecule has 0 aliphatic carbocycles. The van der Waals surface area contributed by atoms with Crippen molar-refractivity contribution < 1.29 is 4.84 Å². The quantitative estimate of drug-likeness (QED) is 0.634. The second-order valence-electron chi connectivity index (χ2n) is 2.99. The van der Waals surface area contributed by atoms with Gasteiger partial charge in [-0.1, -0.05) is 0 Å². The van der Waals surface area contributed by atoms with E-state index in [1.54, 1.807) is 7.11 Å². The second-order valence-corrected chi connectivity index (χ2v) is 2.99. The molecule has 0 saturated heterocycles. The van der Waals surface area contributed by atoms with Gasteiger partial charge in [-0.15, -0.1) is 0 Å². The molecule has 1 aliphatic heterocycles. The number of nitrogens with one attached hydrogen (secondary N) is 1. The molecule has 0 amide bonds. The number of hydrogen-bond donors (Lipinski definition) is 1. The first-order chi connectivity index (χ1) is 5.74. The van der Waals surface area contributed by atoms with Gasteiger partial charge in [0.05, 0.1) is 7.11 Å². The van der Waals surface area contributed by atoms with Gasteiger partial charge in [0.2, 0.25) is 0 Å². The van der Waals surface area contributed by atoms with Crippen molar-refractivity contribution in [2.45, 2.75) is 6.92 Å². The smallest absolute Gasteiger partial charge is 0.0575 e. The number of hydroxylamine groups is 2. The Balaban J connectivity index is 2.55. The minimum Gasteiger partial charge on any atom is -0.387 e. The van der Waals surface area contributed by atoms with Gasteiger partial charge >= 0.3 is 0 Å². The first kappa shape index (κ1) is 9.29. The van der Waals surface area contributed by atoms with Gasteiger partial charge in [0, 0.05) is 20.1 Å². The van der Waals surface area contributed by atoms with Gasteiger partial charge in [-0.2, -0.15) is 5.06 Å². The van der Waals surface area contributed by atoms with Gasteiger partial charge in [0.25, 0.3) is 0 Å². The fraction of sp³-hybridized carbons (Fsp3) is 0.556. The van der Waals surface area contributed by atoms with E-state index in [1.165, 1.54) is 11.1 Å². The van der Waals surface area contributed by atoms with Gasteiger partial charge in [-0.05, 0) is 30.3 Å². The van der Waals surface area contributed by atoms with Crippen molar-refractivity contribution in [3.05, 3.63) is 23.4 Å². The predicted octanol–water partition coefficient (Wildman–Crippen LogP) is 0.913. The van der Waals surface area contributed by atoms with E-state index in [0.29, 0.717) is 0 Å². The average Bonchev–Trinajstić information content (AvgIpc) is 2.09. The Labute approximate surface area is 73.7 Å². The van der Waals surface area contributed by atoms with E-state index >= 15 is 0 Å². The van der Waals surface area contributed by atoms with Crippen molar-refractivity contribution in [2.24, 2.45) is 0 Å². The molecular weight excluding hydrogens is 152 g/mol. The summed E-state index contributed by atoms with van der Waals surface area (Å²) >= 11 is 0. The molecule has 1 aliphatic rings. The maximum Gasteiger partial charge on any atom is 0.0575 e. The number of hydrogen-bond acceptors (Lipinski definition) is 3. The van der Waals surface area contributed by atoms with Crippen molar-refractivity contribution in [3.8, 4) is 0 Å². The summed E-state index contributed by atoms with van der Waals surface area (Å²) in [4.78, 5) is 5.05. The minimum atomic E-state index is 0.848. The number of likely N-dealkylation sites (N-methyl/N-ethyl adjacent to an activating group) is 1. The van der Waals surface area contributed by atoms with Crippen molar-refractivity contribution in [2.75, 3.05) is 27.2 Å². The highest BCUT2D eigenvalue weighted by Crippen LogP contribution is 2.09. The fourth-order valence-corrected chi connectivity index (χ4v) is 1.12. The molecule has 3 nitrogen and oxygen atoms in total. The van der Waals surface area contributed by atoms with Crippen LogP contribution in [0.2, 0.25) is 0 Å². The van der Waals surface area contributed by atoms with Gasteiger partial charge in [-0.25, -0.2) is 0 Å². The molecule has 3 heteroatoms. The normalized spacial score (nSPS) is 17.0. The zero-order valence-electron chi connectivity index (χ0n) is 7.92. The molecule has 0 unspecified atom stereocenters. The summed E-state index contributed by atoms with van der Waals surface area (Å²) in [6, 6.07) is 0. The lowest BCUT2D eigenvalue weighted by Gasteiger charge is -2.18. The number of rotatable bonds is 3. The maximum atomic E-state index is 5.05. The van der Waals surface area contributed by atoms with Crippen molar-refractivity contribution in [1.29, 1.82) is 0 Å². The summed E-state index contributed by atoms with van der Waals surface area (Å²) in [7, 11) is 3.61. The fourth-order valence-electron chi connectivity index (χ4n) is 1.12. The van der Waals surface area contributed by atoms with E-state index in [2.05, 4.69) is 18.3 Å². The Kier molecular flexibility index (Phi) is 3.31. The molecule has 0 aromatic carbocycles. The standard InChI is InChI=1S/C9H16N2O/c1-8-6-10-5-4-9(8)7-11(2)12-3/h4-5,10H,6-7H2,1-3H3. The number of dihydropyridines is 1. The molecule has 68 valence electrons. The predicted molar refractivity (Wildman–Crippen MR) is 49.5 cm³/mol. The molecule has 0 radical (unpaired) electrons. The van der Waals surface area contributed by atoms with E-state index in [4.69, 9.17) is 4.84 Å². The average molecular weight is 168 g/mol. The zero-order chi connectivity index (χ0) is 8.97. The van der Waals surface area contributed by atoms with Crippen LogP contribution in [0.15, 0.2) is 23.4 Å². The summed E-state index contributed by atoms with van der Waals surface area (Å²) in [6.07, 6.45) is 4.07. The molecule has 1 rings (SSSR count). The Morgan fingerprint density at radius 2 is 2.42 bits per heavy atom. The Hall–Kier alpha value is -0.800. The van der Waals surface area contributed by atoms with Gasteiger partial charge in [0.15, 0.2) is 0 Å². The van der Waals surface area contributed by atoms with Crippen LogP contribution in [0, 0.1) is 0 Å². The summed E-state index contributed by atoms with van der Waals surface area (Å²) < 4.78 is 0. The third kappa shape index (κ3) is 2.36. The highest BCUT2D eigenvalue weighted by atomic mass is 16.7. The van der Waals surface area contributed by atoms with Crippen LogP contribution in [0.5, 0.6) is 0 Å². The molecule has 0 spiro atoms. The van der Waals surface area contributed by atoms with Gasteiger partial charge in [0.1, 0.15) is 0 Å². The zero-order valence-corrected chi connectivity index (χ0v) is 7.92. The van der Waals surface area contributed by atoms with Crippen molar-refractivity contribution >= 4 is 0 Å². The first-order valence-corrected chi connectivity index (χ1v) is 4.08. The molecule has 0 fully saturated rings. The van der Waals surface area contributed by atoms with Gasteiger partial charge in [-0.3, -0.25) is 0 Å². The van der Waals surface area contributed by atoms with E-state index in [0.717, 1.165) is 13.1 Å². The Morgan fingerprint density at radius 1 is 1.67 bits per heavy atom. The maximum absolute atomic E-state index is 5.05. The Morgan fingerprint density at radius 3 is 3.00 bits per heavy atom. The Bertz CT molecular complexity index is 209. The monoisotopic (exact) mass is 168 g/mol. The van der Waals surface area contributed by atoms with E-state index in [9.17, 15) is 0 Å². The van der Waals surface area contributed by atoms with Crippen LogP contribution in [0.4, 0.5) is 0 Å². The van der Waals surface area contributed by atoms with Crippen LogP contribution in [-0.4, -0.2) is 32.3 Å². The van der Waals surface area contributed by atoms with E-state index in [-0.39, 0.29) is 0 Å². The minimum absolute atomic E-state index is 0.848. The van der Waals surface area contributed by atoms with Crippen LogP contribution in [0.3, 0.4) is 0 Å². The van der Waals surface area contributed by atoms with Gasteiger partial charge < -0.3 is 10.2 Å². The van der Waals surface area contributed by atoms with Crippen LogP contribution < -0.4 is 5.32 Å². The van der Waals surface area contributed by atoms with Crippen LogP contribution in [0.25, 0.3) is 0 Å². The molecule has 0 bridgehead atoms. The SMILES string of the molecule is CON(C)CC1=C(C)CNC=C1. The molecule has 0 atom stereocenters. The van der Waals surface area contributed by atoms with Crippen LogP contribution >= 0.6 is 0 Å². The number of nitrogens with zero attached hydrogens (tertiary/aromatic N) is 1. The van der Waals surface area contributed by atoms with Crippen LogP contribution in [-0.2, 0) is 4.84 Å². The highest BCUT2D eigenvalue weighted by Gasteiger charge is 2.05. The van der Waals surface area contributed by atoms with Crippen molar-refractivity contribution in [1.82, 2.24) is 10.4 Å². The summed E-state index contributed by atoms with van der Waals surface area (Å²) in [6.45, 7) is 3.93. The summed E-state index contributed by atoms with van der Waals surface area (Å²) in [5.41, 5.74) is 2.71. The topological polar surface area (TPSA) is 24.5 Å².